The van der Waals surface area contributed by atoms with Gasteiger partial charge in [0, 0.05) is 40.4 Å². The number of amides is 2. The SMILES string of the molecule is CC(=O)OCCOCCN1C(=O)C(C#N)=C(C)/C(=C\c2cn(-c3ccccc3)nc2-c2ccc(OCc3ccccc3Cl)cc2)C1=O. The molecule has 0 unspecified atom stereocenters. The number of aromatic nitrogens is 2. The Bertz CT molecular complexity index is 1890. The highest BCUT2D eigenvalue weighted by molar-refractivity contribution is 6.31. The zero-order valence-corrected chi connectivity index (χ0v) is 26.6. The molecule has 0 bridgehead atoms. The molecule has 0 fully saturated rings. The van der Waals surface area contributed by atoms with Crippen molar-refractivity contribution < 1.29 is 28.6 Å². The second kappa shape index (κ2) is 15.2. The first kappa shape index (κ1) is 32.9. The van der Waals surface area contributed by atoms with Gasteiger partial charge in [-0.3, -0.25) is 19.3 Å². The molecule has 4 aromatic rings. The average molecular weight is 651 g/mol. The van der Waals surface area contributed by atoms with Gasteiger partial charge in [0.1, 0.15) is 30.6 Å². The van der Waals surface area contributed by atoms with Crippen LogP contribution in [0.15, 0.2) is 102 Å². The molecule has 0 N–H and O–H groups in total. The van der Waals surface area contributed by atoms with E-state index in [0.29, 0.717) is 28.6 Å². The number of halogens is 1. The number of hydrogen-bond donors (Lipinski definition) is 0. The molecule has 0 spiro atoms. The van der Waals surface area contributed by atoms with Gasteiger partial charge in [-0.05, 0) is 61.0 Å². The van der Waals surface area contributed by atoms with Gasteiger partial charge < -0.3 is 14.2 Å². The van der Waals surface area contributed by atoms with Crippen molar-refractivity contribution in [3.63, 3.8) is 0 Å². The second-order valence-corrected chi connectivity index (χ2v) is 10.9. The third-order valence-electron chi connectivity index (χ3n) is 7.36. The van der Waals surface area contributed by atoms with Crippen LogP contribution in [0.5, 0.6) is 5.75 Å². The Labute approximate surface area is 277 Å². The molecule has 10 nitrogen and oxygen atoms in total. The molecular formula is C36H31ClN4O6. The first-order valence-electron chi connectivity index (χ1n) is 14.8. The fraction of sp³-hybridized carbons (Fsp3) is 0.194. The van der Waals surface area contributed by atoms with Crippen LogP contribution in [-0.2, 0) is 30.5 Å². The van der Waals surface area contributed by atoms with Gasteiger partial charge >= 0.3 is 5.97 Å². The van der Waals surface area contributed by atoms with Crippen LogP contribution in [-0.4, -0.2) is 58.8 Å². The van der Waals surface area contributed by atoms with Crippen LogP contribution < -0.4 is 4.74 Å². The quantitative estimate of drug-likeness (QED) is 0.0798. The zero-order chi connectivity index (χ0) is 33.3. The number of benzene rings is 3. The van der Waals surface area contributed by atoms with Gasteiger partial charge in [0.25, 0.3) is 11.8 Å². The lowest BCUT2D eigenvalue weighted by Gasteiger charge is -2.27. The van der Waals surface area contributed by atoms with E-state index in [0.717, 1.165) is 21.7 Å². The Kier molecular flexibility index (Phi) is 10.6. The van der Waals surface area contributed by atoms with Gasteiger partial charge in [0.2, 0.25) is 0 Å². The number of hydrogen-bond acceptors (Lipinski definition) is 8. The number of imide groups is 1. The lowest BCUT2D eigenvalue weighted by Crippen LogP contribution is -2.44. The van der Waals surface area contributed by atoms with Crippen molar-refractivity contribution in [1.82, 2.24) is 14.7 Å². The van der Waals surface area contributed by atoms with E-state index < -0.39 is 17.8 Å². The Morgan fingerprint density at radius 3 is 2.38 bits per heavy atom. The normalized spacial score (nSPS) is 14.0. The molecule has 0 aliphatic carbocycles. The van der Waals surface area contributed by atoms with E-state index in [1.807, 2.05) is 84.9 Å². The number of nitriles is 1. The van der Waals surface area contributed by atoms with E-state index in [9.17, 15) is 19.6 Å². The van der Waals surface area contributed by atoms with Crippen LogP contribution >= 0.6 is 11.6 Å². The maximum absolute atomic E-state index is 13.7. The van der Waals surface area contributed by atoms with Crippen molar-refractivity contribution in [1.29, 1.82) is 5.26 Å². The van der Waals surface area contributed by atoms with Crippen molar-refractivity contribution in [2.24, 2.45) is 0 Å². The summed E-state index contributed by atoms with van der Waals surface area (Å²) in [7, 11) is 0. The van der Waals surface area contributed by atoms with E-state index in [1.165, 1.54) is 6.92 Å². The number of carbonyl (C=O) groups is 3. The summed E-state index contributed by atoms with van der Waals surface area (Å²) in [5.74, 6) is -1.04. The van der Waals surface area contributed by atoms with Gasteiger partial charge in [0.05, 0.1) is 31.1 Å². The smallest absolute Gasteiger partial charge is 0.302 e. The van der Waals surface area contributed by atoms with E-state index in [2.05, 4.69) is 0 Å². The molecule has 2 amide bonds. The summed E-state index contributed by atoms with van der Waals surface area (Å²) in [5, 5.41) is 15.3. The minimum Gasteiger partial charge on any atom is -0.489 e. The minimum absolute atomic E-state index is 0.00582. The highest BCUT2D eigenvalue weighted by atomic mass is 35.5. The predicted molar refractivity (Wildman–Crippen MR) is 175 cm³/mol. The lowest BCUT2D eigenvalue weighted by atomic mass is 9.93. The van der Waals surface area contributed by atoms with Crippen LogP contribution in [0.2, 0.25) is 5.02 Å². The Morgan fingerprint density at radius 1 is 0.957 bits per heavy atom. The van der Waals surface area contributed by atoms with Crippen LogP contribution in [0, 0.1) is 11.3 Å². The van der Waals surface area contributed by atoms with Crippen molar-refractivity contribution in [2.45, 2.75) is 20.5 Å². The number of nitrogens with zero attached hydrogens (tertiary/aromatic N) is 4. The molecule has 2 heterocycles. The fourth-order valence-corrected chi connectivity index (χ4v) is 5.10. The maximum atomic E-state index is 13.7. The number of para-hydroxylation sites is 1. The summed E-state index contributed by atoms with van der Waals surface area (Å²) in [4.78, 5) is 38.8. The van der Waals surface area contributed by atoms with Crippen molar-refractivity contribution in [3.05, 3.63) is 118 Å². The molecule has 1 aliphatic heterocycles. The number of esters is 1. The molecule has 0 atom stereocenters. The Balaban J connectivity index is 1.45. The molecule has 11 heteroatoms. The van der Waals surface area contributed by atoms with Crippen LogP contribution in [0.4, 0.5) is 0 Å². The average Bonchev–Trinajstić information content (AvgIpc) is 3.50. The topological polar surface area (TPSA) is 124 Å². The molecule has 1 aliphatic rings. The van der Waals surface area contributed by atoms with Gasteiger partial charge in [-0.15, -0.1) is 0 Å². The number of ether oxygens (including phenoxy) is 3. The van der Waals surface area contributed by atoms with E-state index in [-0.39, 0.29) is 43.1 Å². The predicted octanol–water partition coefficient (Wildman–Crippen LogP) is 5.94. The maximum Gasteiger partial charge on any atom is 0.302 e. The third kappa shape index (κ3) is 7.84. The molecule has 0 radical (unpaired) electrons. The molecule has 0 saturated heterocycles. The molecule has 3 aromatic carbocycles. The number of carbonyl (C=O) groups excluding carboxylic acids is 3. The summed E-state index contributed by atoms with van der Waals surface area (Å²) >= 11 is 6.27. The Morgan fingerprint density at radius 2 is 1.68 bits per heavy atom. The summed E-state index contributed by atoms with van der Waals surface area (Å²) in [5.41, 5.74) is 3.95. The molecular weight excluding hydrogens is 620 g/mol. The fourth-order valence-electron chi connectivity index (χ4n) is 4.91. The minimum atomic E-state index is -0.691. The van der Waals surface area contributed by atoms with Crippen LogP contribution in [0.1, 0.15) is 25.0 Å². The summed E-state index contributed by atoms with van der Waals surface area (Å²) in [6.45, 7) is 3.25. The third-order valence-corrected chi connectivity index (χ3v) is 7.73. The lowest BCUT2D eigenvalue weighted by molar-refractivity contribution is -0.142. The van der Waals surface area contributed by atoms with Gasteiger partial charge in [0.15, 0.2) is 0 Å². The monoisotopic (exact) mass is 650 g/mol. The highest BCUT2D eigenvalue weighted by Crippen LogP contribution is 2.32. The summed E-state index contributed by atoms with van der Waals surface area (Å²) in [6.07, 6.45) is 3.45. The van der Waals surface area contributed by atoms with Gasteiger partial charge in [-0.1, -0.05) is 48.0 Å². The van der Waals surface area contributed by atoms with Crippen LogP contribution in [0.25, 0.3) is 23.0 Å². The van der Waals surface area contributed by atoms with E-state index in [1.54, 1.807) is 23.9 Å². The molecule has 47 heavy (non-hydrogen) atoms. The van der Waals surface area contributed by atoms with Crippen molar-refractivity contribution in [2.75, 3.05) is 26.4 Å². The van der Waals surface area contributed by atoms with E-state index in [4.69, 9.17) is 30.9 Å². The first-order chi connectivity index (χ1) is 22.8. The van der Waals surface area contributed by atoms with Gasteiger partial charge in [-0.25, -0.2) is 4.68 Å². The first-order valence-corrected chi connectivity index (χ1v) is 15.2. The largest absolute Gasteiger partial charge is 0.489 e. The number of rotatable bonds is 12. The Hall–Kier alpha value is -5.50. The second-order valence-electron chi connectivity index (χ2n) is 10.5. The molecule has 5 rings (SSSR count). The van der Waals surface area contributed by atoms with Gasteiger partial charge in [-0.2, -0.15) is 10.4 Å². The summed E-state index contributed by atoms with van der Waals surface area (Å²) < 4.78 is 18.0. The molecule has 1 aromatic heterocycles. The zero-order valence-electron chi connectivity index (χ0n) is 25.8. The van der Waals surface area contributed by atoms with Crippen LogP contribution in [0.3, 0.4) is 0 Å². The van der Waals surface area contributed by atoms with Crippen molar-refractivity contribution >= 4 is 35.5 Å². The van der Waals surface area contributed by atoms with Crippen molar-refractivity contribution in [3.8, 4) is 28.8 Å². The summed E-state index contributed by atoms with van der Waals surface area (Å²) in [6, 6.07) is 26.4. The highest BCUT2D eigenvalue weighted by Gasteiger charge is 2.35. The van der Waals surface area contributed by atoms with E-state index >= 15 is 0 Å². The molecule has 0 saturated carbocycles. The standard InChI is InChI=1S/C36H31ClN4O6/c1-24-31(35(43)40(36(44)32(24)21-38)16-17-45-18-19-46-25(2)42)20-28-22-41(29-9-4-3-5-10-29)39-34(28)26-12-14-30(15-13-26)47-23-27-8-6-7-11-33(27)37/h3-15,20,22H,16-19,23H2,1-2H3/b31-20+. The molecule has 238 valence electrons.